The second-order valence-corrected chi connectivity index (χ2v) is 7.91. The van der Waals surface area contributed by atoms with E-state index >= 15 is 0 Å². The summed E-state index contributed by atoms with van der Waals surface area (Å²) in [7, 11) is 2.87. The van der Waals surface area contributed by atoms with Crippen LogP contribution in [0.3, 0.4) is 0 Å². The molecule has 4 aromatic rings. The maximum Gasteiger partial charge on any atom is 0.334 e. The summed E-state index contributed by atoms with van der Waals surface area (Å²) in [6, 6.07) is 13.2. The van der Waals surface area contributed by atoms with Crippen molar-refractivity contribution in [3.05, 3.63) is 91.1 Å². The largest absolute Gasteiger partial charge is 0.491 e. The van der Waals surface area contributed by atoms with Gasteiger partial charge in [-0.25, -0.2) is 9.36 Å². The van der Waals surface area contributed by atoms with Gasteiger partial charge in [-0.1, -0.05) is 23.7 Å². The van der Waals surface area contributed by atoms with Crippen LogP contribution in [0.1, 0.15) is 21.5 Å². The molecule has 0 bridgehead atoms. The first kappa shape index (κ1) is 23.1. The highest BCUT2D eigenvalue weighted by Gasteiger charge is 2.17. The number of benzene rings is 2. The quantitative estimate of drug-likeness (QED) is 0.438. The van der Waals surface area contributed by atoms with Gasteiger partial charge in [0, 0.05) is 17.1 Å². The molecule has 0 aliphatic rings. The van der Waals surface area contributed by atoms with Crippen LogP contribution in [-0.2, 0) is 6.54 Å². The van der Waals surface area contributed by atoms with Gasteiger partial charge in [-0.2, -0.15) is 4.98 Å². The van der Waals surface area contributed by atoms with Crippen molar-refractivity contribution in [2.24, 2.45) is 0 Å². The fourth-order valence-electron chi connectivity index (χ4n) is 3.61. The van der Waals surface area contributed by atoms with Crippen LogP contribution in [0.15, 0.2) is 58.1 Å². The van der Waals surface area contributed by atoms with Crippen LogP contribution >= 0.6 is 11.6 Å². The molecule has 174 valence electrons. The molecule has 0 aliphatic carbocycles. The Hall–Kier alpha value is -4.11. The van der Waals surface area contributed by atoms with Gasteiger partial charge in [0.15, 0.2) is 5.75 Å². The highest BCUT2D eigenvalue weighted by atomic mass is 35.5. The number of aromatic amines is 1. The van der Waals surface area contributed by atoms with Crippen molar-refractivity contribution in [3.63, 3.8) is 0 Å². The van der Waals surface area contributed by atoms with Crippen molar-refractivity contribution in [1.29, 1.82) is 0 Å². The predicted molar refractivity (Wildman–Crippen MR) is 128 cm³/mol. The Morgan fingerprint density at radius 2 is 1.82 bits per heavy atom. The Labute approximate surface area is 198 Å². The molecule has 0 atom stereocenters. The van der Waals surface area contributed by atoms with E-state index in [1.54, 1.807) is 31.2 Å². The lowest BCUT2D eigenvalue weighted by Gasteiger charge is -2.12. The van der Waals surface area contributed by atoms with Crippen LogP contribution < -0.4 is 26.0 Å². The zero-order chi connectivity index (χ0) is 24.4. The topological polar surface area (TPSA) is 115 Å². The number of rotatable bonds is 6. The number of aryl methyl sites for hydroxylation is 1. The maximum absolute atomic E-state index is 13.3. The standard InChI is InChI=1S/C24H21ClN4O5/c1-13-10-15(21(30)26-12-14-4-6-16(25)7-5-14)11-17-20(13)23(31)29(24(32)27-17)19-9-8-18(33-2)22(28-19)34-3/h4-11H,12H2,1-3H3,(H,26,30)(H,27,32). The van der Waals surface area contributed by atoms with Crippen LogP contribution in [0.25, 0.3) is 16.7 Å². The molecule has 0 unspecified atom stereocenters. The van der Waals surface area contributed by atoms with Gasteiger partial charge in [0.1, 0.15) is 5.82 Å². The van der Waals surface area contributed by atoms with Crippen molar-refractivity contribution in [2.75, 3.05) is 14.2 Å². The fraction of sp³-hybridized carbons (Fsp3) is 0.167. The molecule has 0 saturated heterocycles. The molecule has 0 saturated carbocycles. The maximum atomic E-state index is 13.3. The van der Waals surface area contributed by atoms with E-state index in [1.165, 1.54) is 26.4 Å². The molecular weight excluding hydrogens is 460 g/mol. The summed E-state index contributed by atoms with van der Waals surface area (Å²) in [5, 5.41) is 3.70. The highest BCUT2D eigenvalue weighted by molar-refractivity contribution is 6.30. The monoisotopic (exact) mass is 480 g/mol. The van der Waals surface area contributed by atoms with Gasteiger partial charge >= 0.3 is 5.69 Å². The number of H-pyrrole nitrogens is 1. The lowest BCUT2D eigenvalue weighted by molar-refractivity contribution is 0.0951. The van der Waals surface area contributed by atoms with E-state index in [9.17, 15) is 14.4 Å². The van der Waals surface area contributed by atoms with Gasteiger partial charge in [-0.15, -0.1) is 0 Å². The smallest absolute Gasteiger partial charge is 0.334 e. The number of halogens is 1. The van der Waals surface area contributed by atoms with E-state index in [1.807, 2.05) is 12.1 Å². The zero-order valence-corrected chi connectivity index (χ0v) is 19.4. The number of hydrogen-bond acceptors (Lipinski definition) is 6. The van der Waals surface area contributed by atoms with Crippen molar-refractivity contribution >= 4 is 28.4 Å². The highest BCUT2D eigenvalue weighted by Crippen LogP contribution is 2.25. The number of hydrogen-bond donors (Lipinski definition) is 2. The van der Waals surface area contributed by atoms with Crippen LogP contribution in [0.4, 0.5) is 0 Å². The van der Waals surface area contributed by atoms with Crippen molar-refractivity contribution in [1.82, 2.24) is 19.9 Å². The number of carbonyl (C=O) groups excluding carboxylic acids is 1. The minimum atomic E-state index is -0.699. The van der Waals surface area contributed by atoms with Gasteiger partial charge in [0.05, 0.1) is 25.1 Å². The first-order valence-electron chi connectivity index (χ1n) is 10.2. The molecule has 0 radical (unpaired) electrons. The second kappa shape index (κ2) is 9.40. The van der Waals surface area contributed by atoms with Gasteiger partial charge in [0.25, 0.3) is 17.3 Å². The molecule has 2 aromatic carbocycles. The molecule has 2 N–H and O–H groups in total. The number of pyridine rings is 1. The molecule has 1 amide bonds. The SMILES string of the molecule is COc1ccc(-n2c(=O)[nH]c3cc(C(=O)NCc4ccc(Cl)cc4)cc(C)c3c2=O)nc1OC. The molecule has 0 fully saturated rings. The van der Waals surface area contributed by atoms with Crippen LogP contribution in [-0.4, -0.2) is 34.7 Å². The van der Waals surface area contributed by atoms with Gasteiger partial charge in [-0.3, -0.25) is 9.59 Å². The Morgan fingerprint density at radius 1 is 1.09 bits per heavy atom. The zero-order valence-electron chi connectivity index (χ0n) is 18.6. The minimum absolute atomic E-state index is 0.0787. The van der Waals surface area contributed by atoms with Crippen LogP contribution in [0.2, 0.25) is 5.02 Å². The predicted octanol–water partition coefficient (Wildman–Crippen LogP) is 2.98. The molecule has 0 aliphatic heterocycles. The number of amides is 1. The lowest BCUT2D eigenvalue weighted by Crippen LogP contribution is -2.35. The van der Waals surface area contributed by atoms with E-state index in [4.69, 9.17) is 21.1 Å². The second-order valence-electron chi connectivity index (χ2n) is 7.48. The Balaban J connectivity index is 1.72. The number of nitrogens with zero attached hydrogens (tertiary/aromatic N) is 2. The summed E-state index contributed by atoms with van der Waals surface area (Å²) in [5.41, 5.74) is 0.720. The molecule has 0 spiro atoms. The lowest BCUT2D eigenvalue weighted by atomic mass is 10.1. The van der Waals surface area contributed by atoms with Crippen LogP contribution in [0.5, 0.6) is 11.6 Å². The molecule has 4 rings (SSSR count). The van der Waals surface area contributed by atoms with E-state index in [2.05, 4.69) is 15.3 Å². The number of nitrogens with one attached hydrogen (secondary N) is 2. The molecule has 10 heteroatoms. The van der Waals surface area contributed by atoms with Gasteiger partial charge < -0.3 is 19.8 Å². The van der Waals surface area contributed by atoms with E-state index in [-0.39, 0.29) is 28.5 Å². The van der Waals surface area contributed by atoms with Gasteiger partial charge in [-0.05, 0) is 54.4 Å². The van der Waals surface area contributed by atoms with Crippen molar-refractivity contribution < 1.29 is 14.3 Å². The number of ether oxygens (including phenoxy) is 2. The third-order valence-electron chi connectivity index (χ3n) is 5.28. The third kappa shape index (κ3) is 4.38. The summed E-state index contributed by atoms with van der Waals surface area (Å²) >= 11 is 5.89. The molecule has 2 heterocycles. The van der Waals surface area contributed by atoms with E-state index < -0.39 is 11.2 Å². The van der Waals surface area contributed by atoms with Gasteiger partial charge in [0.2, 0.25) is 0 Å². The Bertz CT molecular complexity index is 1510. The number of aromatic nitrogens is 3. The van der Waals surface area contributed by atoms with E-state index in [0.717, 1.165) is 10.1 Å². The normalized spacial score (nSPS) is 10.8. The summed E-state index contributed by atoms with van der Waals surface area (Å²) in [6.07, 6.45) is 0. The number of carbonyl (C=O) groups is 1. The summed E-state index contributed by atoms with van der Waals surface area (Å²) in [4.78, 5) is 45.7. The average molecular weight is 481 g/mol. The van der Waals surface area contributed by atoms with E-state index in [0.29, 0.717) is 28.4 Å². The fourth-order valence-corrected chi connectivity index (χ4v) is 3.74. The van der Waals surface area contributed by atoms with Crippen LogP contribution in [0, 0.1) is 6.92 Å². The number of methoxy groups -OCH3 is 2. The summed E-state index contributed by atoms with van der Waals surface area (Å²) < 4.78 is 11.3. The average Bonchev–Trinajstić information content (AvgIpc) is 2.82. The third-order valence-corrected chi connectivity index (χ3v) is 5.53. The number of fused-ring (bicyclic) bond motifs is 1. The van der Waals surface area contributed by atoms with Crippen molar-refractivity contribution in [2.45, 2.75) is 13.5 Å². The Morgan fingerprint density at radius 3 is 2.50 bits per heavy atom. The first-order chi connectivity index (χ1) is 16.3. The first-order valence-corrected chi connectivity index (χ1v) is 10.6. The summed E-state index contributed by atoms with van der Waals surface area (Å²) in [5.74, 6) is 0.235. The molecule has 2 aromatic heterocycles. The molecule has 9 nitrogen and oxygen atoms in total. The Kier molecular flexibility index (Phi) is 6.38. The minimum Gasteiger partial charge on any atom is -0.491 e. The van der Waals surface area contributed by atoms with Crippen molar-refractivity contribution in [3.8, 4) is 17.4 Å². The molecule has 34 heavy (non-hydrogen) atoms. The molecular formula is C24H21ClN4O5. The summed E-state index contributed by atoms with van der Waals surface area (Å²) in [6.45, 7) is 2.00.